The van der Waals surface area contributed by atoms with Gasteiger partial charge in [-0.2, -0.15) is 11.8 Å². The molecule has 0 aliphatic rings. The number of benzene rings is 1. The molecular formula is C15H22O3S. The first-order chi connectivity index (χ1) is 9.02. The zero-order valence-electron chi connectivity index (χ0n) is 12.1. The molecule has 19 heavy (non-hydrogen) atoms. The summed E-state index contributed by atoms with van der Waals surface area (Å²) in [6.45, 7) is 6.66. The van der Waals surface area contributed by atoms with E-state index in [9.17, 15) is 4.79 Å². The molecule has 1 atom stereocenters. The summed E-state index contributed by atoms with van der Waals surface area (Å²) in [4.78, 5) is 11.2. The molecule has 0 radical (unpaired) electrons. The Kier molecular flexibility index (Phi) is 6.78. The maximum atomic E-state index is 11.2. The van der Waals surface area contributed by atoms with Gasteiger partial charge in [0.1, 0.15) is 5.75 Å². The minimum atomic E-state index is -0.150. The standard InChI is InChI=1S/C15H22O3S/c1-11-7-12(2)9-14(8-11)18-5-6-19-10-13(3)15(16)17-4/h7-9,13H,5-6,10H2,1-4H3. The number of thioether (sulfide) groups is 1. The molecule has 1 aromatic rings. The van der Waals surface area contributed by atoms with Crippen LogP contribution in [0.2, 0.25) is 0 Å². The van der Waals surface area contributed by atoms with Crippen LogP contribution in [0.5, 0.6) is 5.75 Å². The van der Waals surface area contributed by atoms with E-state index in [0.29, 0.717) is 6.61 Å². The van der Waals surface area contributed by atoms with Gasteiger partial charge in [-0.3, -0.25) is 4.79 Å². The molecule has 0 aromatic heterocycles. The Hall–Kier alpha value is -1.16. The SMILES string of the molecule is COC(=O)C(C)CSCCOc1cc(C)cc(C)c1. The smallest absolute Gasteiger partial charge is 0.309 e. The van der Waals surface area contributed by atoms with Gasteiger partial charge in [0, 0.05) is 11.5 Å². The highest BCUT2D eigenvalue weighted by molar-refractivity contribution is 7.99. The van der Waals surface area contributed by atoms with E-state index in [1.54, 1.807) is 11.8 Å². The summed E-state index contributed by atoms with van der Waals surface area (Å²) in [5.41, 5.74) is 2.42. The number of rotatable bonds is 7. The van der Waals surface area contributed by atoms with E-state index in [-0.39, 0.29) is 11.9 Å². The molecule has 1 unspecified atom stereocenters. The normalized spacial score (nSPS) is 12.0. The Labute approximate surface area is 119 Å². The molecule has 0 amide bonds. The van der Waals surface area contributed by atoms with Crippen molar-refractivity contribution in [1.82, 2.24) is 0 Å². The van der Waals surface area contributed by atoms with Crippen LogP contribution in [-0.4, -0.2) is 31.2 Å². The third kappa shape index (κ3) is 6.01. The van der Waals surface area contributed by atoms with Crippen molar-refractivity contribution in [3.8, 4) is 5.75 Å². The van der Waals surface area contributed by atoms with Crippen LogP contribution in [0.4, 0.5) is 0 Å². The number of methoxy groups -OCH3 is 1. The van der Waals surface area contributed by atoms with Crippen molar-refractivity contribution in [3.63, 3.8) is 0 Å². The first kappa shape index (κ1) is 15.9. The van der Waals surface area contributed by atoms with Gasteiger partial charge in [0.25, 0.3) is 0 Å². The first-order valence-electron chi connectivity index (χ1n) is 6.39. The molecule has 0 spiro atoms. The number of esters is 1. The van der Waals surface area contributed by atoms with Crippen LogP contribution in [0.15, 0.2) is 18.2 Å². The van der Waals surface area contributed by atoms with Crippen molar-refractivity contribution in [2.45, 2.75) is 20.8 Å². The van der Waals surface area contributed by atoms with Gasteiger partial charge in [-0.1, -0.05) is 13.0 Å². The van der Waals surface area contributed by atoms with Gasteiger partial charge in [-0.05, 0) is 37.1 Å². The predicted molar refractivity (Wildman–Crippen MR) is 79.9 cm³/mol. The highest BCUT2D eigenvalue weighted by Crippen LogP contribution is 2.17. The van der Waals surface area contributed by atoms with Crippen LogP contribution < -0.4 is 4.74 Å². The van der Waals surface area contributed by atoms with Gasteiger partial charge in [0.05, 0.1) is 19.6 Å². The van der Waals surface area contributed by atoms with Crippen molar-refractivity contribution in [2.24, 2.45) is 5.92 Å². The predicted octanol–water partition coefficient (Wildman–Crippen LogP) is 3.22. The summed E-state index contributed by atoms with van der Waals surface area (Å²) in [7, 11) is 1.42. The Morgan fingerprint density at radius 3 is 2.47 bits per heavy atom. The number of hydrogen-bond donors (Lipinski definition) is 0. The van der Waals surface area contributed by atoms with Crippen molar-refractivity contribution < 1.29 is 14.3 Å². The molecule has 1 rings (SSSR count). The zero-order chi connectivity index (χ0) is 14.3. The molecule has 0 saturated carbocycles. The summed E-state index contributed by atoms with van der Waals surface area (Å²) >= 11 is 1.71. The van der Waals surface area contributed by atoms with Crippen LogP contribution >= 0.6 is 11.8 Å². The van der Waals surface area contributed by atoms with Gasteiger partial charge in [-0.15, -0.1) is 0 Å². The van der Waals surface area contributed by atoms with Gasteiger partial charge in [0.2, 0.25) is 0 Å². The topological polar surface area (TPSA) is 35.5 Å². The van der Waals surface area contributed by atoms with Crippen molar-refractivity contribution in [3.05, 3.63) is 29.3 Å². The van der Waals surface area contributed by atoms with Crippen LogP contribution in [0.1, 0.15) is 18.1 Å². The second-order valence-electron chi connectivity index (χ2n) is 4.67. The lowest BCUT2D eigenvalue weighted by atomic mass is 10.1. The molecule has 0 N–H and O–H groups in total. The fraction of sp³-hybridized carbons (Fsp3) is 0.533. The van der Waals surface area contributed by atoms with Crippen molar-refractivity contribution in [2.75, 3.05) is 25.2 Å². The average molecular weight is 282 g/mol. The molecule has 0 bridgehead atoms. The highest BCUT2D eigenvalue weighted by Gasteiger charge is 2.12. The summed E-state index contributed by atoms with van der Waals surface area (Å²) < 4.78 is 10.4. The lowest BCUT2D eigenvalue weighted by Gasteiger charge is -2.10. The quantitative estimate of drug-likeness (QED) is 0.568. The lowest BCUT2D eigenvalue weighted by Crippen LogP contribution is -2.15. The number of carbonyl (C=O) groups excluding carboxylic acids is 1. The third-order valence-electron chi connectivity index (χ3n) is 2.66. The minimum Gasteiger partial charge on any atom is -0.493 e. The first-order valence-corrected chi connectivity index (χ1v) is 7.55. The molecule has 0 aliphatic heterocycles. The van der Waals surface area contributed by atoms with Crippen LogP contribution in [0, 0.1) is 19.8 Å². The minimum absolute atomic E-state index is 0.0591. The van der Waals surface area contributed by atoms with Gasteiger partial charge in [-0.25, -0.2) is 0 Å². The maximum absolute atomic E-state index is 11.2. The number of aryl methyl sites for hydroxylation is 2. The van der Waals surface area contributed by atoms with E-state index in [1.165, 1.54) is 18.2 Å². The van der Waals surface area contributed by atoms with E-state index in [2.05, 4.69) is 24.7 Å². The second kappa shape index (κ2) is 8.10. The van der Waals surface area contributed by atoms with Crippen molar-refractivity contribution in [1.29, 1.82) is 0 Å². The third-order valence-corrected chi connectivity index (χ3v) is 3.85. The summed E-state index contributed by atoms with van der Waals surface area (Å²) in [5, 5.41) is 0. The molecule has 4 heteroatoms. The Balaban J connectivity index is 2.22. The maximum Gasteiger partial charge on any atom is 0.309 e. The fourth-order valence-corrected chi connectivity index (χ4v) is 2.62. The number of carbonyl (C=O) groups is 1. The zero-order valence-corrected chi connectivity index (χ0v) is 12.9. The average Bonchev–Trinajstić information content (AvgIpc) is 2.36. The van der Waals surface area contributed by atoms with Gasteiger partial charge < -0.3 is 9.47 Å². The number of ether oxygens (including phenoxy) is 2. The Morgan fingerprint density at radius 2 is 1.89 bits per heavy atom. The highest BCUT2D eigenvalue weighted by atomic mass is 32.2. The summed E-state index contributed by atoms with van der Waals surface area (Å²) in [5.74, 6) is 2.34. The van der Waals surface area contributed by atoms with E-state index in [0.717, 1.165) is 17.3 Å². The lowest BCUT2D eigenvalue weighted by molar-refractivity contribution is -0.143. The fourth-order valence-electron chi connectivity index (χ4n) is 1.76. The van der Waals surface area contributed by atoms with Crippen LogP contribution in [-0.2, 0) is 9.53 Å². The summed E-state index contributed by atoms with van der Waals surface area (Å²) in [6, 6.07) is 6.20. The van der Waals surface area contributed by atoms with Gasteiger partial charge in [0.15, 0.2) is 0 Å². The largest absolute Gasteiger partial charge is 0.493 e. The van der Waals surface area contributed by atoms with Gasteiger partial charge >= 0.3 is 5.97 Å². The second-order valence-corrected chi connectivity index (χ2v) is 5.82. The molecule has 0 saturated heterocycles. The molecule has 1 aromatic carbocycles. The van der Waals surface area contributed by atoms with Crippen molar-refractivity contribution >= 4 is 17.7 Å². The molecule has 0 heterocycles. The van der Waals surface area contributed by atoms with E-state index in [1.807, 2.05) is 19.1 Å². The van der Waals surface area contributed by atoms with E-state index >= 15 is 0 Å². The number of hydrogen-bond acceptors (Lipinski definition) is 4. The van der Waals surface area contributed by atoms with E-state index < -0.39 is 0 Å². The molecule has 0 fully saturated rings. The molecule has 0 aliphatic carbocycles. The molecular weight excluding hydrogens is 260 g/mol. The van der Waals surface area contributed by atoms with E-state index in [4.69, 9.17) is 4.74 Å². The Morgan fingerprint density at radius 1 is 1.26 bits per heavy atom. The Bertz CT molecular complexity index is 398. The molecule has 3 nitrogen and oxygen atoms in total. The molecule has 106 valence electrons. The van der Waals surface area contributed by atoms with Crippen LogP contribution in [0.3, 0.4) is 0 Å². The van der Waals surface area contributed by atoms with Crippen LogP contribution in [0.25, 0.3) is 0 Å². The monoisotopic (exact) mass is 282 g/mol. The summed E-state index contributed by atoms with van der Waals surface area (Å²) in [6.07, 6.45) is 0.